The molecule has 0 spiro atoms. The van der Waals surface area contributed by atoms with Crippen LogP contribution in [-0.2, 0) is 13.0 Å². The van der Waals surface area contributed by atoms with Crippen molar-refractivity contribution in [3.8, 4) is 5.75 Å². The number of ether oxygens (including phenoxy) is 1. The van der Waals surface area contributed by atoms with Crippen molar-refractivity contribution in [1.82, 2.24) is 0 Å². The Bertz CT molecular complexity index is 634. The van der Waals surface area contributed by atoms with Crippen LogP contribution in [-0.4, -0.2) is 5.78 Å². The number of carbonyl (C=O) groups is 1. The summed E-state index contributed by atoms with van der Waals surface area (Å²) in [6.45, 7) is 0.178. The number of Topliss-reactive ketones (excluding diaryl/α,β-unsaturated/α-hetero) is 1. The van der Waals surface area contributed by atoms with E-state index in [1.165, 1.54) is 6.07 Å². The van der Waals surface area contributed by atoms with E-state index in [0.717, 1.165) is 11.1 Å². The molecule has 0 aromatic heterocycles. The number of ketones is 1. The lowest BCUT2D eigenvalue weighted by Crippen LogP contribution is -2.01. The molecule has 2 aromatic carbocycles. The Morgan fingerprint density at radius 2 is 1.89 bits per heavy atom. The number of halogens is 1. The van der Waals surface area contributed by atoms with Crippen molar-refractivity contribution in [1.29, 1.82) is 0 Å². The molecule has 0 heterocycles. The van der Waals surface area contributed by atoms with E-state index in [1.54, 1.807) is 24.3 Å². The van der Waals surface area contributed by atoms with Crippen molar-refractivity contribution in [3.05, 3.63) is 65.0 Å². The van der Waals surface area contributed by atoms with Crippen molar-refractivity contribution < 1.29 is 13.9 Å². The summed E-state index contributed by atoms with van der Waals surface area (Å²) in [5.74, 6) is 0.573. The van der Waals surface area contributed by atoms with Crippen LogP contribution < -0.4 is 4.74 Å². The van der Waals surface area contributed by atoms with E-state index < -0.39 is 0 Å². The molecule has 0 fully saturated rings. The predicted octanol–water partition coefficient (Wildman–Crippen LogP) is 3.53. The van der Waals surface area contributed by atoms with Crippen molar-refractivity contribution in [2.45, 2.75) is 19.4 Å². The highest BCUT2D eigenvalue weighted by molar-refractivity contribution is 6.01. The number of fused-ring (bicyclic) bond motifs is 1. The molecule has 0 atom stereocenters. The van der Waals surface area contributed by atoms with E-state index in [9.17, 15) is 9.18 Å². The maximum Gasteiger partial charge on any atom is 0.163 e. The molecule has 3 heteroatoms. The fourth-order valence-electron chi connectivity index (χ4n) is 2.36. The molecule has 0 aliphatic heterocycles. The second kappa shape index (κ2) is 4.84. The lowest BCUT2D eigenvalue weighted by atomic mass is 10.1. The summed E-state index contributed by atoms with van der Waals surface area (Å²) in [5.41, 5.74) is 2.21. The number of carbonyl (C=O) groups excluding carboxylic acids is 1. The van der Waals surface area contributed by atoms with Gasteiger partial charge in [0.05, 0.1) is 0 Å². The van der Waals surface area contributed by atoms with E-state index in [2.05, 4.69) is 0 Å². The van der Waals surface area contributed by atoms with E-state index in [0.29, 0.717) is 24.2 Å². The zero-order chi connectivity index (χ0) is 13.2. The van der Waals surface area contributed by atoms with Crippen LogP contribution in [0.5, 0.6) is 5.75 Å². The highest BCUT2D eigenvalue weighted by Gasteiger charge is 2.22. The van der Waals surface area contributed by atoms with Gasteiger partial charge in [-0.1, -0.05) is 30.3 Å². The maximum absolute atomic E-state index is 13.5. The van der Waals surface area contributed by atoms with Crippen LogP contribution in [0.25, 0.3) is 0 Å². The number of rotatable bonds is 3. The zero-order valence-electron chi connectivity index (χ0n) is 10.4. The van der Waals surface area contributed by atoms with Gasteiger partial charge in [0.25, 0.3) is 0 Å². The fraction of sp³-hybridized carbons (Fsp3) is 0.188. The minimum atomic E-state index is -0.272. The van der Waals surface area contributed by atoms with Gasteiger partial charge >= 0.3 is 0 Å². The van der Waals surface area contributed by atoms with Crippen LogP contribution in [0.1, 0.15) is 27.9 Å². The highest BCUT2D eigenvalue weighted by Crippen LogP contribution is 2.31. The van der Waals surface area contributed by atoms with Gasteiger partial charge in [0.15, 0.2) is 5.78 Å². The van der Waals surface area contributed by atoms with Crippen LogP contribution in [0.3, 0.4) is 0 Å². The number of hydrogen-bond donors (Lipinski definition) is 0. The molecule has 2 aromatic rings. The van der Waals surface area contributed by atoms with Crippen molar-refractivity contribution in [3.63, 3.8) is 0 Å². The third-order valence-electron chi connectivity index (χ3n) is 3.38. The summed E-state index contributed by atoms with van der Waals surface area (Å²) in [5, 5.41) is 0. The Morgan fingerprint density at radius 3 is 2.74 bits per heavy atom. The number of benzene rings is 2. The van der Waals surface area contributed by atoms with Gasteiger partial charge in [0, 0.05) is 23.1 Å². The Kier molecular flexibility index (Phi) is 3.03. The molecular weight excluding hydrogens is 243 g/mol. The molecule has 0 saturated heterocycles. The van der Waals surface area contributed by atoms with Gasteiger partial charge in [0.1, 0.15) is 18.2 Å². The predicted molar refractivity (Wildman–Crippen MR) is 69.8 cm³/mol. The van der Waals surface area contributed by atoms with Gasteiger partial charge in [-0.3, -0.25) is 4.79 Å². The minimum Gasteiger partial charge on any atom is -0.488 e. The SMILES string of the molecule is O=C1CCc2c(OCc3ccccc3F)cccc21. The molecular formula is C16H13FO2. The first-order valence-corrected chi connectivity index (χ1v) is 6.27. The molecule has 2 nitrogen and oxygen atoms in total. The van der Waals surface area contributed by atoms with Crippen molar-refractivity contribution in [2.75, 3.05) is 0 Å². The van der Waals surface area contributed by atoms with Crippen LogP contribution in [0.4, 0.5) is 4.39 Å². The van der Waals surface area contributed by atoms with Crippen molar-refractivity contribution in [2.24, 2.45) is 0 Å². The topological polar surface area (TPSA) is 26.3 Å². The molecule has 96 valence electrons. The summed E-state index contributed by atoms with van der Waals surface area (Å²) in [6, 6.07) is 12.0. The second-order valence-corrected chi connectivity index (χ2v) is 4.59. The summed E-state index contributed by atoms with van der Waals surface area (Å²) < 4.78 is 19.2. The smallest absolute Gasteiger partial charge is 0.163 e. The largest absolute Gasteiger partial charge is 0.488 e. The van der Waals surface area contributed by atoms with Crippen LogP contribution >= 0.6 is 0 Å². The lowest BCUT2D eigenvalue weighted by Gasteiger charge is -2.10. The first-order chi connectivity index (χ1) is 9.25. The normalized spacial score (nSPS) is 13.4. The lowest BCUT2D eigenvalue weighted by molar-refractivity contribution is 0.0994. The molecule has 3 rings (SSSR count). The molecule has 19 heavy (non-hydrogen) atoms. The third kappa shape index (κ3) is 2.24. The zero-order valence-corrected chi connectivity index (χ0v) is 10.4. The average molecular weight is 256 g/mol. The molecule has 0 unspecified atom stereocenters. The molecule has 1 aliphatic rings. The quantitative estimate of drug-likeness (QED) is 0.839. The summed E-state index contributed by atoms with van der Waals surface area (Å²) in [6.07, 6.45) is 1.25. The Labute approximate surface area is 110 Å². The highest BCUT2D eigenvalue weighted by atomic mass is 19.1. The fourth-order valence-corrected chi connectivity index (χ4v) is 2.36. The first kappa shape index (κ1) is 11.9. The van der Waals surface area contributed by atoms with E-state index in [-0.39, 0.29) is 18.2 Å². The summed E-state index contributed by atoms with van der Waals surface area (Å²) >= 11 is 0. The minimum absolute atomic E-state index is 0.159. The van der Waals surface area contributed by atoms with Gasteiger partial charge in [0.2, 0.25) is 0 Å². The van der Waals surface area contributed by atoms with E-state index in [4.69, 9.17) is 4.74 Å². The molecule has 1 aliphatic carbocycles. The van der Waals surface area contributed by atoms with E-state index >= 15 is 0 Å². The third-order valence-corrected chi connectivity index (χ3v) is 3.38. The Balaban J connectivity index is 1.82. The molecule has 0 bridgehead atoms. The maximum atomic E-state index is 13.5. The van der Waals surface area contributed by atoms with Gasteiger partial charge in [-0.25, -0.2) is 4.39 Å². The Hall–Kier alpha value is -2.16. The monoisotopic (exact) mass is 256 g/mol. The van der Waals surface area contributed by atoms with E-state index in [1.807, 2.05) is 12.1 Å². The van der Waals surface area contributed by atoms with Crippen LogP contribution in [0.2, 0.25) is 0 Å². The van der Waals surface area contributed by atoms with Gasteiger partial charge in [-0.15, -0.1) is 0 Å². The van der Waals surface area contributed by atoms with Gasteiger partial charge in [-0.05, 0) is 18.6 Å². The number of hydrogen-bond acceptors (Lipinski definition) is 2. The van der Waals surface area contributed by atoms with Gasteiger partial charge < -0.3 is 4.74 Å². The summed E-state index contributed by atoms with van der Waals surface area (Å²) in [4.78, 5) is 11.6. The Morgan fingerprint density at radius 1 is 1.05 bits per heavy atom. The second-order valence-electron chi connectivity index (χ2n) is 4.59. The van der Waals surface area contributed by atoms with Crippen LogP contribution in [0.15, 0.2) is 42.5 Å². The van der Waals surface area contributed by atoms with Gasteiger partial charge in [-0.2, -0.15) is 0 Å². The molecule has 0 saturated carbocycles. The average Bonchev–Trinajstić information content (AvgIpc) is 2.81. The summed E-state index contributed by atoms with van der Waals surface area (Å²) in [7, 11) is 0. The molecule has 0 radical (unpaired) electrons. The van der Waals surface area contributed by atoms with Crippen LogP contribution in [0, 0.1) is 5.82 Å². The van der Waals surface area contributed by atoms with Crippen molar-refractivity contribution >= 4 is 5.78 Å². The molecule has 0 N–H and O–H groups in total. The standard InChI is InChI=1S/C16H13FO2/c17-14-6-2-1-4-11(14)10-19-16-7-3-5-12-13(16)8-9-15(12)18/h1-7H,8-10H2. The first-order valence-electron chi connectivity index (χ1n) is 6.27. The molecule has 0 amide bonds.